The molecule has 2 aromatic heterocycles. The lowest BCUT2D eigenvalue weighted by atomic mass is 9.97. The van der Waals surface area contributed by atoms with E-state index in [1.807, 2.05) is 44.2 Å². The molecule has 0 bridgehead atoms. The number of methoxy groups -OCH3 is 1. The van der Waals surface area contributed by atoms with Gasteiger partial charge >= 0.3 is 11.7 Å². The fourth-order valence-corrected chi connectivity index (χ4v) is 4.95. The van der Waals surface area contributed by atoms with Crippen LogP contribution in [0.15, 0.2) is 46.2 Å². The molecule has 3 heterocycles. The van der Waals surface area contributed by atoms with E-state index in [-0.39, 0.29) is 35.7 Å². The molecular weight excluding hydrogens is 478 g/mol. The van der Waals surface area contributed by atoms with Gasteiger partial charge in [0.05, 0.1) is 19.5 Å². The third-order valence-electron chi connectivity index (χ3n) is 6.83. The SMILES string of the molecule is COCCn1cnc2c1c(=O)n(CC(=O)OCC(=O)N1C(C)CCCC1C)c(=O)n2Cc1ccccc1. The standard InChI is InChI=1S/C26H33N5O6/c1-18-8-7-9-19(2)31(18)21(32)16-37-22(33)15-30-25(34)23-24(27-17-28(23)12-13-36-3)29(26(30)35)14-20-10-5-4-6-11-20/h4-6,10-11,17-19H,7-9,12-16H2,1-3H3. The van der Waals surface area contributed by atoms with Crippen molar-refractivity contribution in [1.82, 2.24) is 23.6 Å². The summed E-state index contributed by atoms with van der Waals surface area (Å²) in [6, 6.07) is 9.42. The van der Waals surface area contributed by atoms with E-state index in [1.165, 1.54) is 10.9 Å². The molecule has 1 aliphatic rings. The Bertz CT molecular complexity index is 1370. The first-order chi connectivity index (χ1) is 17.8. The number of amides is 1. The molecule has 0 spiro atoms. The third-order valence-corrected chi connectivity index (χ3v) is 6.83. The van der Waals surface area contributed by atoms with Gasteiger partial charge in [0.1, 0.15) is 6.54 Å². The molecule has 1 aliphatic heterocycles. The predicted octanol–water partition coefficient (Wildman–Crippen LogP) is 1.39. The molecule has 4 rings (SSSR count). The van der Waals surface area contributed by atoms with Gasteiger partial charge in [0.2, 0.25) is 0 Å². The summed E-state index contributed by atoms with van der Waals surface area (Å²) in [6.45, 7) is 3.75. The van der Waals surface area contributed by atoms with E-state index in [9.17, 15) is 19.2 Å². The van der Waals surface area contributed by atoms with E-state index < -0.39 is 30.4 Å². The van der Waals surface area contributed by atoms with Crippen molar-refractivity contribution < 1.29 is 19.1 Å². The van der Waals surface area contributed by atoms with Crippen LogP contribution in [0.25, 0.3) is 11.2 Å². The highest BCUT2D eigenvalue weighted by Gasteiger charge is 2.29. The number of ether oxygens (including phenoxy) is 2. The van der Waals surface area contributed by atoms with Crippen LogP contribution in [0.2, 0.25) is 0 Å². The van der Waals surface area contributed by atoms with E-state index in [2.05, 4.69) is 4.98 Å². The Kier molecular flexibility index (Phi) is 8.22. The second-order valence-electron chi connectivity index (χ2n) is 9.44. The third kappa shape index (κ3) is 5.66. The number of esters is 1. The van der Waals surface area contributed by atoms with Crippen LogP contribution in [0.1, 0.15) is 38.7 Å². The number of aromatic nitrogens is 4. The lowest BCUT2D eigenvalue weighted by molar-refractivity contribution is -0.155. The van der Waals surface area contributed by atoms with Gasteiger partial charge in [0, 0.05) is 25.7 Å². The number of fused-ring (bicyclic) bond motifs is 1. The number of imidazole rings is 1. The number of hydrogen-bond acceptors (Lipinski definition) is 7. The number of carbonyl (C=O) groups is 2. The number of rotatable bonds is 9. The molecule has 2 atom stereocenters. The molecule has 0 saturated carbocycles. The van der Waals surface area contributed by atoms with Crippen molar-refractivity contribution in [2.24, 2.45) is 0 Å². The van der Waals surface area contributed by atoms with E-state index >= 15 is 0 Å². The summed E-state index contributed by atoms with van der Waals surface area (Å²) < 4.78 is 14.2. The minimum absolute atomic E-state index is 0.0672. The zero-order chi connectivity index (χ0) is 26.5. The maximum atomic E-state index is 13.4. The van der Waals surface area contributed by atoms with E-state index in [0.717, 1.165) is 29.4 Å². The maximum absolute atomic E-state index is 13.4. The number of nitrogens with zero attached hydrogens (tertiary/aromatic N) is 5. The Morgan fingerprint density at radius 3 is 2.43 bits per heavy atom. The first-order valence-electron chi connectivity index (χ1n) is 12.5. The minimum Gasteiger partial charge on any atom is -0.454 e. The van der Waals surface area contributed by atoms with Crippen LogP contribution in [0.4, 0.5) is 0 Å². The van der Waals surface area contributed by atoms with Crippen LogP contribution in [0.5, 0.6) is 0 Å². The Hall–Kier alpha value is -3.73. The number of likely N-dealkylation sites (tertiary alicyclic amines) is 1. The van der Waals surface area contributed by atoms with Crippen LogP contribution in [-0.4, -0.2) is 67.9 Å². The molecule has 1 aromatic carbocycles. The molecule has 37 heavy (non-hydrogen) atoms. The van der Waals surface area contributed by atoms with Crippen molar-refractivity contribution in [1.29, 1.82) is 0 Å². The van der Waals surface area contributed by atoms with Crippen LogP contribution in [0, 0.1) is 0 Å². The highest BCUT2D eigenvalue weighted by atomic mass is 16.5. The van der Waals surface area contributed by atoms with E-state index in [4.69, 9.17) is 9.47 Å². The molecule has 1 amide bonds. The van der Waals surface area contributed by atoms with Crippen LogP contribution in [-0.2, 0) is 38.7 Å². The van der Waals surface area contributed by atoms with Gasteiger partial charge in [-0.3, -0.25) is 19.0 Å². The smallest absolute Gasteiger partial charge is 0.333 e. The average Bonchev–Trinajstić information content (AvgIpc) is 3.31. The zero-order valence-electron chi connectivity index (χ0n) is 21.5. The quantitative estimate of drug-likeness (QED) is 0.399. The van der Waals surface area contributed by atoms with Crippen molar-refractivity contribution in [2.75, 3.05) is 20.3 Å². The Morgan fingerprint density at radius 2 is 1.76 bits per heavy atom. The maximum Gasteiger partial charge on any atom is 0.333 e. The van der Waals surface area contributed by atoms with Gasteiger partial charge in [0.25, 0.3) is 11.5 Å². The number of carbonyl (C=O) groups excluding carboxylic acids is 2. The normalized spacial score (nSPS) is 17.8. The monoisotopic (exact) mass is 511 g/mol. The topological polar surface area (TPSA) is 118 Å². The Balaban J connectivity index is 1.61. The zero-order valence-corrected chi connectivity index (χ0v) is 21.5. The molecular formula is C26H33N5O6. The highest BCUT2D eigenvalue weighted by Crippen LogP contribution is 2.22. The van der Waals surface area contributed by atoms with Crippen LogP contribution >= 0.6 is 0 Å². The van der Waals surface area contributed by atoms with Gasteiger partial charge in [-0.25, -0.2) is 14.3 Å². The second-order valence-corrected chi connectivity index (χ2v) is 9.44. The first kappa shape index (κ1) is 26.3. The number of piperidine rings is 1. The Morgan fingerprint density at radius 1 is 1.05 bits per heavy atom. The van der Waals surface area contributed by atoms with Gasteiger partial charge in [-0.1, -0.05) is 30.3 Å². The van der Waals surface area contributed by atoms with Crippen molar-refractivity contribution in [3.63, 3.8) is 0 Å². The summed E-state index contributed by atoms with van der Waals surface area (Å²) in [6.07, 6.45) is 4.33. The van der Waals surface area contributed by atoms with Crippen LogP contribution in [0.3, 0.4) is 0 Å². The average molecular weight is 512 g/mol. The lowest BCUT2D eigenvalue weighted by Gasteiger charge is -2.38. The summed E-state index contributed by atoms with van der Waals surface area (Å²) in [5, 5.41) is 0. The minimum atomic E-state index is -0.835. The summed E-state index contributed by atoms with van der Waals surface area (Å²) in [4.78, 5) is 58.3. The molecule has 0 N–H and O–H groups in total. The van der Waals surface area contributed by atoms with Gasteiger partial charge in [-0.15, -0.1) is 0 Å². The van der Waals surface area contributed by atoms with Crippen molar-refractivity contribution in [3.8, 4) is 0 Å². The second kappa shape index (κ2) is 11.5. The molecule has 11 heteroatoms. The van der Waals surface area contributed by atoms with Crippen molar-refractivity contribution in [3.05, 3.63) is 63.1 Å². The molecule has 1 fully saturated rings. The lowest BCUT2D eigenvalue weighted by Crippen LogP contribution is -2.49. The summed E-state index contributed by atoms with van der Waals surface area (Å²) in [5.41, 5.74) is -0.0879. The summed E-state index contributed by atoms with van der Waals surface area (Å²) in [7, 11) is 1.55. The van der Waals surface area contributed by atoms with Gasteiger partial charge in [-0.05, 0) is 38.7 Å². The molecule has 0 aliphatic carbocycles. The predicted molar refractivity (Wildman–Crippen MR) is 136 cm³/mol. The van der Waals surface area contributed by atoms with Crippen molar-refractivity contribution in [2.45, 2.75) is 64.8 Å². The molecule has 1 saturated heterocycles. The molecule has 2 unspecified atom stereocenters. The number of hydrogen-bond donors (Lipinski definition) is 0. The number of benzene rings is 1. The van der Waals surface area contributed by atoms with Gasteiger partial charge in [-0.2, -0.15) is 0 Å². The fourth-order valence-electron chi connectivity index (χ4n) is 4.95. The van der Waals surface area contributed by atoms with E-state index in [0.29, 0.717) is 13.2 Å². The summed E-state index contributed by atoms with van der Waals surface area (Å²) >= 11 is 0. The van der Waals surface area contributed by atoms with Gasteiger partial charge in [0.15, 0.2) is 17.8 Å². The van der Waals surface area contributed by atoms with Crippen molar-refractivity contribution >= 4 is 23.0 Å². The highest BCUT2D eigenvalue weighted by molar-refractivity contribution is 5.81. The molecule has 11 nitrogen and oxygen atoms in total. The first-order valence-corrected chi connectivity index (χ1v) is 12.5. The Labute approximate surface area is 214 Å². The van der Waals surface area contributed by atoms with Crippen LogP contribution < -0.4 is 11.2 Å². The molecule has 3 aromatic rings. The fraction of sp³-hybridized carbons (Fsp3) is 0.500. The van der Waals surface area contributed by atoms with Gasteiger partial charge < -0.3 is 18.9 Å². The largest absolute Gasteiger partial charge is 0.454 e. The molecule has 0 radical (unpaired) electrons. The summed E-state index contributed by atoms with van der Waals surface area (Å²) in [5.74, 6) is -1.12. The molecule has 198 valence electrons. The van der Waals surface area contributed by atoms with E-state index in [1.54, 1.807) is 16.6 Å².